The molecule has 0 radical (unpaired) electrons. The van der Waals surface area contributed by atoms with Crippen LogP contribution >= 0.6 is 27.5 Å². The summed E-state index contributed by atoms with van der Waals surface area (Å²) in [6.07, 6.45) is 1.62. The molecular formula is C11H5BrClFN2. The van der Waals surface area contributed by atoms with Crippen LogP contribution in [0.2, 0.25) is 5.15 Å². The summed E-state index contributed by atoms with van der Waals surface area (Å²) in [6.45, 7) is 0. The van der Waals surface area contributed by atoms with Gasteiger partial charge in [0, 0.05) is 22.5 Å². The number of aromatic nitrogens is 2. The summed E-state index contributed by atoms with van der Waals surface area (Å²) >= 11 is 9.41. The number of nitrogens with zero attached hydrogens (tertiary/aromatic N) is 1. The maximum absolute atomic E-state index is 13.2. The summed E-state index contributed by atoms with van der Waals surface area (Å²) in [5.41, 5.74) is 1.67. The largest absolute Gasteiger partial charge is 0.353 e. The first-order chi connectivity index (χ1) is 7.66. The van der Waals surface area contributed by atoms with Crippen molar-refractivity contribution in [1.29, 1.82) is 0 Å². The summed E-state index contributed by atoms with van der Waals surface area (Å²) < 4.78 is 14.0. The van der Waals surface area contributed by atoms with E-state index < -0.39 is 0 Å². The van der Waals surface area contributed by atoms with Crippen LogP contribution in [0.15, 0.2) is 28.9 Å². The second kappa shape index (κ2) is 3.43. The van der Waals surface area contributed by atoms with E-state index in [0.717, 1.165) is 26.3 Å². The molecule has 0 amide bonds. The van der Waals surface area contributed by atoms with Gasteiger partial charge >= 0.3 is 0 Å². The molecule has 0 aliphatic carbocycles. The quantitative estimate of drug-likeness (QED) is 0.617. The van der Waals surface area contributed by atoms with Crippen LogP contribution in [0, 0.1) is 5.82 Å². The second-order valence-corrected chi connectivity index (χ2v) is 4.67. The Morgan fingerprint density at radius 1 is 1.38 bits per heavy atom. The van der Waals surface area contributed by atoms with E-state index in [4.69, 9.17) is 11.6 Å². The van der Waals surface area contributed by atoms with E-state index in [2.05, 4.69) is 25.9 Å². The van der Waals surface area contributed by atoms with Gasteiger partial charge in [0.1, 0.15) is 11.0 Å². The highest BCUT2D eigenvalue weighted by Gasteiger charge is 2.11. The van der Waals surface area contributed by atoms with Crippen LogP contribution < -0.4 is 0 Å². The smallest absolute Gasteiger partial charge is 0.139 e. The first-order valence-electron chi connectivity index (χ1n) is 4.58. The molecule has 0 atom stereocenters. The molecule has 3 rings (SSSR count). The van der Waals surface area contributed by atoms with Crippen molar-refractivity contribution in [2.45, 2.75) is 0 Å². The molecule has 0 aliphatic heterocycles. The van der Waals surface area contributed by atoms with Gasteiger partial charge in [0.2, 0.25) is 0 Å². The van der Waals surface area contributed by atoms with Crippen LogP contribution in [0.4, 0.5) is 4.39 Å². The molecule has 5 heteroatoms. The Hall–Kier alpha value is -1.13. The van der Waals surface area contributed by atoms with Crippen LogP contribution in [0.3, 0.4) is 0 Å². The third kappa shape index (κ3) is 1.33. The topological polar surface area (TPSA) is 28.7 Å². The van der Waals surface area contributed by atoms with Gasteiger partial charge in [0.25, 0.3) is 0 Å². The molecule has 0 unspecified atom stereocenters. The number of aromatic amines is 1. The summed E-state index contributed by atoms with van der Waals surface area (Å²) in [4.78, 5) is 7.21. The third-order valence-corrected chi connectivity index (χ3v) is 3.38. The number of nitrogens with one attached hydrogen (secondary N) is 1. The third-order valence-electron chi connectivity index (χ3n) is 2.50. The van der Waals surface area contributed by atoms with E-state index in [1.807, 2.05) is 0 Å². The number of hydrogen-bond donors (Lipinski definition) is 1. The van der Waals surface area contributed by atoms with Crippen LogP contribution in [-0.4, -0.2) is 9.97 Å². The monoisotopic (exact) mass is 298 g/mol. The summed E-state index contributed by atoms with van der Waals surface area (Å²) in [5, 5.41) is 1.86. The average molecular weight is 300 g/mol. The Labute approximate surface area is 104 Å². The highest BCUT2D eigenvalue weighted by Crippen LogP contribution is 2.34. The maximum Gasteiger partial charge on any atom is 0.139 e. The van der Waals surface area contributed by atoms with Gasteiger partial charge in [0.05, 0.1) is 9.99 Å². The first-order valence-corrected chi connectivity index (χ1v) is 5.75. The molecule has 2 aromatic heterocycles. The minimum atomic E-state index is -0.288. The summed E-state index contributed by atoms with van der Waals surface area (Å²) in [6, 6.07) is 4.55. The lowest BCUT2D eigenvalue weighted by Gasteiger charge is -1.96. The van der Waals surface area contributed by atoms with E-state index in [9.17, 15) is 4.39 Å². The van der Waals surface area contributed by atoms with Crippen LogP contribution in [0.1, 0.15) is 0 Å². The van der Waals surface area contributed by atoms with Crippen molar-refractivity contribution in [2.75, 3.05) is 0 Å². The van der Waals surface area contributed by atoms with Gasteiger partial charge in [0.15, 0.2) is 0 Å². The molecule has 0 spiro atoms. The van der Waals surface area contributed by atoms with Gasteiger partial charge in [-0.3, -0.25) is 0 Å². The van der Waals surface area contributed by atoms with Crippen molar-refractivity contribution in [3.05, 3.63) is 39.8 Å². The average Bonchev–Trinajstić information content (AvgIpc) is 2.63. The zero-order valence-electron chi connectivity index (χ0n) is 7.89. The molecule has 3 aromatic rings. The number of pyridine rings is 1. The normalized spacial score (nSPS) is 11.4. The van der Waals surface area contributed by atoms with Crippen LogP contribution in [0.5, 0.6) is 0 Å². The predicted molar refractivity (Wildman–Crippen MR) is 66.3 cm³/mol. The Kier molecular flexibility index (Phi) is 2.16. The van der Waals surface area contributed by atoms with Gasteiger partial charge in [-0.15, -0.1) is 0 Å². The van der Waals surface area contributed by atoms with E-state index in [1.54, 1.807) is 12.3 Å². The van der Waals surface area contributed by atoms with Crippen LogP contribution in [-0.2, 0) is 0 Å². The van der Waals surface area contributed by atoms with E-state index in [1.165, 1.54) is 12.1 Å². The zero-order chi connectivity index (χ0) is 11.3. The van der Waals surface area contributed by atoms with Crippen molar-refractivity contribution >= 4 is 49.3 Å². The second-order valence-electron chi connectivity index (χ2n) is 3.46. The summed E-state index contributed by atoms with van der Waals surface area (Å²) in [7, 11) is 0. The van der Waals surface area contributed by atoms with Gasteiger partial charge in [-0.25, -0.2) is 9.37 Å². The first kappa shape index (κ1) is 10.1. The molecular weight excluding hydrogens is 294 g/mol. The standard InChI is InChI=1S/C11H5BrClFN2/c12-7-4-15-11(13)9-6-3-5(14)1-2-8(6)16-10(7)9/h1-4,16H. The molecule has 2 nitrogen and oxygen atoms in total. The Bertz CT molecular complexity index is 708. The molecule has 0 fully saturated rings. The molecule has 16 heavy (non-hydrogen) atoms. The van der Waals surface area contributed by atoms with Crippen molar-refractivity contribution < 1.29 is 4.39 Å². The molecule has 80 valence electrons. The molecule has 0 saturated carbocycles. The molecule has 0 bridgehead atoms. The zero-order valence-corrected chi connectivity index (χ0v) is 10.2. The number of fused-ring (bicyclic) bond motifs is 3. The minimum absolute atomic E-state index is 0.288. The number of rotatable bonds is 0. The Morgan fingerprint density at radius 2 is 2.19 bits per heavy atom. The van der Waals surface area contributed by atoms with Gasteiger partial charge in [-0.2, -0.15) is 0 Å². The van der Waals surface area contributed by atoms with E-state index >= 15 is 0 Å². The predicted octanol–water partition coefficient (Wildman–Crippen LogP) is 4.27. The van der Waals surface area contributed by atoms with Crippen LogP contribution in [0.25, 0.3) is 21.8 Å². The fourth-order valence-electron chi connectivity index (χ4n) is 1.80. The van der Waals surface area contributed by atoms with Gasteiger partial charge in [-0.1, -0.05) is 11.6 Å². The molecule has 1 aromatic carbocycles. The number of benzene rings is 1. The van der Waals surface area contributed by atoms with Crippen molar-refractivity contribution in [1.82, 2.24) is 9.97 Å². The molecule has 0 aliphatic rings. The lowest BCUT2D eigenvalue weighted by Crippen LogP contribution is -1.78. The number of H-pyrrole nitrogens is 1. The number of halogens is 3. The van der Waals surface area contributed by atoms with Crippen molar-refractivity contribution in [3.8, 4) is 0 Å². The number of hydrogen-bond acceptors (Lipinski definition) is 1. The van der Waals surface area contributed by atoms with Crippen molar-refractivity contribution in [3.63, 3.8) is 0 Å². The van der Waals surface area contributed by atoms with E-state index in [0.29, 0.717) is 5.15 Å². The van der Waals surface area contributed by atoms with E-state index in [-0.39, 0.29) is 5.82 Å². The lowest BCUT2D eigenvalue weighted by molar-refractivity contribution is 0.630. The van der Waals surface area contributed by atoms with Gasteiger partial charge < -0.3 is 4.98 Å². The van der Waals surface area contributed by atoms with Crippen molar-refractivity contribution in [2.24, 2.45) is 0 Å². The molecule has 1 N–H and O–H groups in total. The maximum atomic E-state index is 13.2. The SMILES string of the molecule is Fc1ccc2[nH]c3c(Br)cnc(Cl)c3c2c1. The minimum Gasteiger partial charge on any atom is -0.353 e. The summed E-state index contributed by atoms with van der Waals surface area (Å²) in [5.74, 6) is -0.288. The lowest BCUT2D eigenvalue weighted by atomic mass is 10.2. The molecule has 2 heterocycles. The fraction of sp³-hybridized carbons (Fsp3) is 0. The molecule has 0 saturated heterocycles. The Morgan fingerprint density at radius 3 is 3.00 bits per heavy atom. The van der Waals surface area contributed by atoms with Gasteiger partial charge in [-0.05, 0) is 34.1 Å². The highest BCUT2D eigenvalue weighted by molar-refractivity contribution is 9.10. The fourth-order valence-corrected chi connectivity index (χ4v) is 2.44. The highest BCUT2D eigenvalue weighted by atomic mass is 79.9. The Balaban J connectivity index is 2.62.